The van der Waals surface area contributed by atoms with Crippen LogP contribution < -0.4 is 5.73 Å². The van der Waals surface area contributed by atoms with Crippen LogP contribution in [0, 0.1) is 12.8 Å². The smallest absolute Gasteiger partial charge is 0.129 e. The fourth-order valence-electron chi connectivity index (χ4n) is 1.89. The Labute approximate surface area is 97.5 Å². The van der Waals surface area contributed by atoms with E-state index >= 15 is 0 Å². The highest BCUT2D eigenvalue weighted by molar-refractivity contribution is 5.12. The van der Waals surface area contributed by atoms with Crippen LogP contribution in [0.3, 0.4) is 0 Å². The Kier molecular flexibility index (Phi) is 3.54. The molecule has 1 aromatic heterocycles. The third-order valence-corrected chi connectivity index (χ3v) is 3.12. The highest BCUT2D eigenvalue weighted by Gasteiger charge is 2.23. The summed E-state index contributed by atoms with van der Waals surface area (Å²) in [5, 5.41) is 0. The standard InChI is InChI=1S/C13H21N3/c1-3-11(14)8-12-6-9(2)15-13(16-12)7-10-4-5-10/h6,10-11H,3-5,7-8,14H2,1-2H3. The largest absolute Gasteiger partial charge is 0.327 e. The summed E-state index contributed by atoms with van der Waals surface area (Å²) >= 11 is 0. The molecular weight excluding hydrogens is 198 g/mol. The van der Waals surface area contributed by atoms with Crippen molar-refractivity contribution in [1.82, 2.24) is 9.97 Å². The van der Waals surface area contributed by atoms with Crippen LogP contribution in [0.25, 0.3) is 0 Å². The molecule has 0 amide bonds. The first-order valence-corrected chi connectivity index (χ1v) is 6.26. The van der Waals surface area contributed by atoms with Gasteiger partial charge in [0.15, 0.2) is 0 Å². The van der Waals surface area contributed by atoms with Crippen LogP contribution in [-0.4, -0.2) is 16.0 Å². The highest BCUT2D eigenvalue weighted by atomic mass is 14.9. The second kappa shape index (κ2) is 4.91. The van der Waals surface area contributed by atoms with Crippen molar-refractivity contribution in [2.75, 3.05) is 0 Å². The van der Waals surface area contributed by atoms with E-state index in [0.717, 1.165) is 42.4 Å². The molecule has 1 unspecified atom stereocenters. The Morgan fingerprint density at radius 1 is 1.44 bits per heavy atom. The maximum atomic E-state index is 5.96. The van der Waals surface area contributed by atoms with Gasteiger partial charge in [-0.05, 0) is 38.2 Å². The zero-order valence-electron chi connectivity index (χ0n) is 10.2. The van der Waals surface area contributed by atoms with Crippen molar-refractivity contribution in [2.24, 2.45) is 11.7 Å². The fraction of sp³-hybridized carbons (Fsp3) is 0.692. The lowest BCUT2D eigenvalue weighted by molar-refractivity contribution is 0.628. The lowest BCUT2D eigenvalue weighted by Crippen LogP contribution is -2.22. The summed E-state index contributed by atoms with van der Waals surface area (Å²) in [6.45, 7) is 4.16. The van der Waals surface area contributed by atoms with Crippen LogP contribution in [0.1, 0.15) is 43.4 Å². The van der Waals surface area contributed by atoms with Gasteiger partial charge in [0.05, 0.1) is 0 Å². The maximum Gasteiger partial charge on any atom is 0.129 e. The van der Waals surface area contributed by atoms with Crippen LogP contribution in [0.4, 0.5) is 0 Å². The molecule has 1 aliphatic carbocycles. The Morgan fingerprint density at radius 2 is 2.19 bits per heavy atom. The molecule has 0 aliphatic heterocycles. The van der Waals surface area contributed by atoms with Gasteiger partial charge in [-0.3, -0.25) is 0 Å². The predicted octanol–water partition coefficient (Wildman–Crippen LogP) is 2.02. The molecule has 1 aliphatic rings. The summed E-state index contributed by atoms with van der Waals surface area (Å²) in [5.41, 5.74) is 8.14. The summed E-state index contributed by atoms with van der Waals surface area (Å²) in [5.74, 6) is 1.86. The molecule has 0 aromatic carbocycles. The van der Waals surface area contributed by atoms with E-state index in [4.69, 9.17) is 5.73 Å². The minimum atomic E-state index is 0.225. The third-order valence-electron chi connectivity index (χ3n) is 3.12. The molecule has 1 saturated carbocycles. The average Bonchev–Trinajstić information content (AvgIpc) is 3.00. The summed E-state index contributed by atoms with van der Waals surface area (Å²) in [4.78, 5) is 9.11. The van der Waals surface area contributed by atoms with Gasteiger partial charge in [0.2, 0.25) is 0 Å². The normalized spacial score (nSPS) is 17.4. The van der Waals surface area contributed by atoms with Gasteiger partial charge in [-0.25, -0.2) is 9.97 Å². The molecule has 1 fully saturated rings. The Bertz CT molecular complexity index is 358. The Morgan fingerprint density at radius 3 is 2.81 bits per heavy atom. The van der Waals surface area contributed by atoms with E-state index in [1.54, 1.807) is 0 Å². The second-order valence-corrected chi connectivity index (χ2v) is 4.94. The van der Waals surface area contributed by atoms with E-state index in [9.17, 15) is 0 Å². The molecule has 2 rings (SSSR count). The van der Waals surface area contributed by atoms with Crippen LogP contribution in [0.2, 0.25) is 0 Å². The van der Waals surface area contributed by atoms with E-state index in [2.05, 4.69) is 23.0 Å². The second-order valence-electron chi connectivity index (χ2n) is 4.94. The molecule has 1 heterocycles. The van der Waals surface area contributed by atoms with Crippen LogP contribution in [-0.2, 0) is 12.8 Å². The fourth-order valence-corrected chi connectivity index (χ4v) is 1.89. The van der Waals surface area contributed by atoms with Gasteiger partial charge in [-0.2, -0.15) is 0 Å². The molecule has 1 atom stereocenters. The molecular formula is C13H21N3. The monoisotopic (exact) mass is 219 g/mol. The van der Waals surface area contributed by atoms with Crippen molar-refractivity contribution in [3.8, 4) is 0 Å². The number of rotatable bonds is 5. The molecule has 88 valence electrons. The summed E-state index contributed by atoms with van der Waals surface area (Å²) in [6.07, 6.45) is 5.62. The summed E-state index contributed by atoms with van der Waals surface area (Å²) in [6, 6.07) is 2.29. The van der Waals surface area contributed by atoms with Crippen LogP contribution in [0.15, 0.2) is 6.07 Å². The van der Waals surface area contributed by atoms with Gasteiger partial charge < -0.3 is 5.73 Å². The van der Waals surface area contributed by atoms with Crippen LogP contribution >= 0.6 is 0 Å². The SMILES string of the molecule is CCC(N)Cc1cc(C)nc(CC2CC2)n1. The molecule has 1 aromatic rings. The van der Waals surface area contributed by atoms with E-state index in [-0.39, 0.29) is 6.04 Å². The highest BCUT2D eigenvalue weighted by Crippen LogP contribution is 2.31. The Hall–Kier alpha value is -0.960. The van der Waals surface area contributed by atoms with Gasteiger partial charge in [0.1, 0.15) is 5.82 Å². The topological polar surface area (TPSA) is 51.8 Å². The summed E-state index contributed by atoms with van der Waals surface area (Å²) < 4.78 is 0. The summed E-state index contributed by atoms with van der Waals surface area (Å²) in [7, 11) is 0. The molecule has 3 nitrogen and oxygen atoms in total. The molecule has 3 heteroatoms. The van der Waals surface area contributed by atoms with E-state index in [1.807, 2.05) is 6.92 Å². The molecule has 0 spiro atoms. The maximum absolute atomic E-state index is 5.96. The van der Waals surface area contributed by atoms with Crippen molar-refractivity contribution >= 4 is 0 Å². The van der Waals surface area contributed by atoms with Crippen LogP contribution in [0.5, 0.6) is 0 Å². The van der Waals surface area contributed by atoms with E-state index < -0.39 is 0 Å². The average molecular weight is 219 g/mol. The molecule has 0 bridgehead atoms. The van der Waals surface area contributed by atoms with E-state index in [0.29, 0.717) is 0 Å². The number of hydrogen-bond donors (Lipinski definition) is 1. The van der Waals surface area contributed by atoms with Gasteiger partial charge in [0, 0.05) is 30.3 Å². The first-order chi connectivity index (χ1) is 7.67. The lowest BCUT2D eigenvalue weighted by atomic mass is 10.1. The minimum Gasteiger partial charge on any atom is -0.327 e. The number of nitrogens with zero attached hydrogens (tertiary/aromatic N) is 2. The van der Waals surface area contributed by atoms with Crippen molar-refractivity contribution in [3.63, 3.8) is 0 Å². The van der Waals surface area contributed by atoms with E-state index in [1.165, 1.54) is 12.8 Å². The zero-order valence-corrected chi connectivity index (χ0v) is 10.2. The first-order valence-electron chi connectivity index (χ1n) is 6.26. The zero-order chi connectivity index (χ0) is 11.5. The Balaban J connectivity index is 2.07. The molecule has 16 heavy (non-hydrogen) atoms. The predicted molar refractivity (Wildman–Crippen MR) is 65.2 cm³/mol. The van der Waals surface area contributed by atoms with Gasteiger partial charge in [-0.1, -0.05) is 6.92 Å². The molecule has 2 N–H and O–H groups in total. The van der Waals surface area contributed by atoms with Gasteiger partial charge >= 0.3 is 0 Å². The van der Waals surface area contributed by atoms with Crippen molar-refractivity contribution in [1.29, 1.82) is 0 Å². The molecule has 0 radical (unpaired) electrons. The number of nitrogens with two attached hydrogens (primary N) is 1. The number of aryl methyl sites for hydroxylation is 1. The van der Waals surface area contributed by atoms with Crippen molar-refractivity contribution < 1.29 is 0 Å². The third kappa shape index (κ3) is 3.27. The number of aromatic nitrogens is 2. The minimum absolute atomic E-state index is 0.225. The van der Waals surface area contributed by atoms with Gasteiger partial charge in [0.25, 0.3) is 0 Å². The molecule has 0 saturated heterocycles. The quantitative estimate of drug-likeness (QED) is 0.824. The first kappa shape index (κ1) is 11.5. The van der Waals surface area contributed by atoms with Crippen molar-refractivity contribution in [3.05, 3.63) is 23.3 Å². The number of hydrogen-bond acceptors (Lipinski definition) is 3. The lowest BCUT2D eigenvalue weighted by Gasteiger charge is -2.09. The van der Waals surface area contributed by atoms with Gasteiger partial charge in [-0.15, -0.1) is 0 Å². The van der Waals surface area contributed by atoms with Crippen molar-refractivity contribution in [2.45, 2.75) is 52.0 Å².